The standard InChI is InChI=1S/C17H15ClFN3O2/c18-14-7-13(3-4-15(14)19)22-10-12(6-16(22)23)17(24)21-9-11-2-1-5-20-8-11/h1-5,7-8,12H,6,9-10H2,(H,21,24)/t12-/m0/s1. The Morgan fingerprint density at radius 2 is 2.25 bits per heavy atom. The molecule has 7 heteroatoms. The molecule has 124 valence electrons. The van der Waals surface area contributed by atoms with Crippen LogP contribution in [0.25, 0.3) is 0 Å². The third kappa shape index (κ3) is 3.54. The molecule has 1 aromatic heterocycles. The average Bonchev–Trinajstić information content (AvgIpc) is 2.98. The largest absolute Gasteiger partial charge is 0.352 e. The van der Waals surface area contributed by atoms with Crippen LogP contribution < -0.4 is 10.2 Å². The number of hydrogen-bond donors (Lipinski definition) is 1. The van der Waals surface area contributed by atoms with E-state index in [0.717, 1.165) is 5.56 Å². The second kappa shape index (κ2) is 6.97. The number of amides is 2. The first-order valence-electron chi connectivity index (χ1n) is 7.46. The summed E-state index contributed by atoms with van der Waals surface area (Å²) in [4.78, 5) is 29.9. The molecule has 5 nitrogen and oxygen atoms in total. The van der Waals surface area contributed by atoms with Crippen molar-refractivity contribution in [3.8, 4) is 0 Å². The predicted molar refractivity (Wildman–Crippen MR) is 88.0 cm³/mol. The Labute approximate surface area is 143 Å². The van der Waals surface area contributed by atoms with Crippen LogP contribution in [-0.4, -0.2) is 23.3 Å². The minimum absolute atomic E-state index is 0.0511. The lowest BCUT2D eigenvalue weighted by molar-refractivity contribution is -0.126. The van der Waals surface area contributed by atoms with Crippen LogP contribution in [0.4, 0.5) is 10.1 Å². The van der Waals surface area contributed by atoms with Gasteiger partial charge in [0.1, 0.15) is 5.82 Å². The Hall–Kier alpha value is -2.47. The van der Waals surface area contributed by atoms with Crippen molar-refractivity contribution in [3.05, 3.63) is 59.1 Å². The summed E-state index contributed by atoms with van der Waals surface area (Å²) in [6, 6.07) is 7.74. The fourth-order valence-corrected chi connectivity index (χ4v) is 2.80. The fraction of sp³-hybridized carbons (Fsp3) is 0.235. The number of carbonyl (C=O) groups excluding carboxylic acids is 2. The lowest BCUT2D eigenvalue weighted by atomic mass is 10.1. The molecular formula is C17H15ClFN3O2. The maximum atomic E-state index is 13.2. The van der Waals surface area contributed by atoms with Crippen LogP contribution in [0.3, 0.4) is 0 Å². The lowest BCUT2D eigenvalue weighted by Gasteiger charge is -2.17. The van der Waals surface area contributed by atoms with Crippen LogP contribution in [0.1, 0.15) is 12.0 Å². The molecule has 1 aliphatic heterocycles. The van der Waals surface area contributed by atoms with E-state index in [2.05, 4.69) is 10.3 Å². The summed E-state index contributed by atoms with van der Waals surface area (Å²) in [6.45, 7) is 0.611. The SMILES string of the molecule is O=C(NCc1cccnc1)[C@H]1CC(=O)N(c2ccc(F)c(Cl)c2)C1. The minimum atomic E-state index is -0.544. The average molecular weight is 348 g/mol. The smallest absolute Gasteiger partial charge is 0.227 e. The summed E-state index contributed by atoms with van der Waals surface area (Å²) >= 11 is 5.76. The van der Waals surface area contributed by atoms with Gasteiger partial charge in [0, 0.05) is 37.6 Å². The van der Waals surface area contributed by atoms with Crippen molar-refractivity contribution in [3.63, 3.8) is 0 Å². The predicted octanol–water partition coefficient (Wildman–Crippen LogP) is 2.54. The number of rotatable bonds is 4. The van der Waals surface area contributed by atoms with Gasteiger partial charge in [0.05, 0.1) is 10.9 Å². The Bertz CT molecular complexity index is 770. The van der Waals surface area contributed by atoms with Gasteiger partial charge in [-0.05, 0) is 29.8 Å². The summed E-state index contributed by atoms with van der Waals surface area (Å²) in [7, 11) is 0. The second-order valence-corrected chi connectivity index (χ2v) is 5.99. The van der Waals surface area contributed by atoms with Gasteiger partial charge >= 0.3 is 0 Å². The van der Waals surface area contributed by atoms with Crippen molar-refractivity contribution in [1.29, 1.82) is 0 Å². The topological polar surface area (TPSA) is 62.3 Å². The first-order chi connectivity index (χ1) is 11.5. The molecule has 1 N–H and O–H groups in total. The van der Waals surface area contributed by atoms with Gasteiger partial charge < -0.3 is 10.2 Å². The monoisotopic (exact) mass is 347 g/mol. The Kier molecular flexibility index (Phi) is 4.76. The normalized spacial score (nSPS) is 17.2. The van der Waals surface area contributed by atoms with Crippen LogP contribution in [-0.2, 0) is 16.1 Å². The zero-order chi connectivity index (χ0) is 17.1. The molecule has 0 radical (unpaired) electrons. The fourth-order valence-electron chi connectivity index (χ4n) is 2.62. The Morgan fingerprint density at radius 3 is 2.96 bits per heavy atom. The molecule has 0 aliphatic carbocycles. The van der Waals surface area contributed by atoms with E-state index in [1.54, 1.807) is 18.5 Å². The van der Waals surface area contributed by atoms with E-state index in [-0.39, 0.29) is 29.8 Å². The molecule has 0 spiro atoms. The number of anilines is 1. The van der Waals surface area contributed by atoms with Crippen LogP contribution in [0.2, 0.25) is 5.02 Å². The highest BCUT2D eigenvalue weighted by Crippen LogP contribution is 2.28. The molecule has 2 heterocycles. The highest BCUT2D eigenvalue weighted by Gasteiger charge is 2.35. The number of benzene rings is 1. The number of pyridine rings is 1. The second-order valence-electron chi connectivity index (χ2n) is 5.58. The van der Waals surface area contributed by atoms with E-state index in [4.69, 9.17) is 11.6 Å². The van der Waals surface area contributed by atoms with Crippen LogP contribution in [0.5, 0.6) is 0 Å². The van der Waals surface area contributed by atoms with E-state index in [1.165, 1.54) is 23.1 Å². The molecule has 1 aromatic carbocycles. The van der Waals surface area contributed by atoms with Crippen molar-refractivity contribution in [2.45, 2.75) is 13.0 Å². The van der Waals surface area contributed by atoms with Gasteiger partial charge in [-0.25, -0.2) is 4.39 Å². The van der Waals surface area contributed by atoms with Gasteiger partial charge in [0.25, 0.3) is 0 Å². The number of hydrogen-bond acceptors (Lipinski definition) is 3. The molecule has 0 bridgehead atoms. The third-order valence-corrected chi connectivity index (χ3v) is 4.19. The quantitative estimate of drug-likeness (QED) is 0.924. The maximum Gasteiger partial charge on any atom is 0.227 e. The van der Waals surface area contributed by atoms with Gasteiger partial charge in [-0.3, -0.25) is 14.6 Å². The van der Waals surface area contributed by atoms with E-state index in [9.17, 15) is 14.0 Å². The maximum absolute atomic E-state index is 13.2. The number of nitrogens with zero attached hydrogens (tertiary/aromatic N) is 2. The zero-order valence-corrected chi connectivity index (χ0v) is 13.5. The van der Waals surface area contributed by atoms with Gasteiger partial charge in [-0.2, -0.15) is 0 Å². The molecule has 0 unspecified atom stereocenters. The number of aromatic nitrogens is 1. The molecule has 2 aromatic rings. The van der Waals surface area contributed by atoms with E-state index >= 15 is 0 Å². The summed E-state index contributed by atoms with van der Waals surface area (Å²) in [6.07, 6.45) is 3.45. The van der Waals surface area contributed by atoms with Crippen molar-refractivity contribution in [1.82, 2.24) is 10.3 Å². The van der Waals surface area contributed by atoms with E-state index < -0.39 is 11.7 Å². The molecule has 1 atom stereocenters. The van der Waals surface area contributed by atoms with E-state index in [0.29, 0.717) is 12.2 Å². The molecular weight excluding hydrogens is 333 g/mol. The van der Waals surface area contributed by atoms with Gasteiger partial charge in [-0.15, -0.1) is 0 Å². The van der Waals surface area contributed by atoms with Gasteiger partial charge in [0.15, 0.2) is 0 Å². The first kappa shape index (κ1) is 16.4. The van der Waals surface area contributed by atoms with Crippen LogP contribution in [0.15, 0.2) is 42.7 Å². The summed E-state index contributed by atoms with van der Waals surface area (Å²) in [5.74, 6) is -1.36. The van der Waals surface area contributed by atoms with Crippen molar-refractivity contribution in [2.24, 2.45) is 5.92 Å². The van der Waals surface area contributed by atoms with Crippen molar-refractivity contribution in [2.75, 3.05) is 11.4 Å². The summed E-state index contributed by atoms with van der Waals surface area (Å²) in [5.41, 5.74) is 1.38. The molecule has 1 saturated heterocycles. The van der Waals surface area contributed by atoms with E-state index in [1.807, 2.05) is 6.07 Å². The number of halogens is 2. The summed E-state index contributed by atoms with van der Waals surface area (Å²) < 4.78 is 13.2. The minimum Gasteiger partial charge on any atom is -0.352 e. The van der Waals surface area contributed by atoms with Crippen molar-refractivity contribution >= 4 is 29.1 Å². The molecule has 1 aliphatic rings. The molecule has 1 fully saturated rings. The van der Waals surface area contributed by atoms with Gasteiger partial charge in [-0.1, -0.05) is 17.7 Å². The highest BCUT2D eigenvalue weighted by molar-refractivity contribution is 6.31. The number of carbonyl (C=O) groups is 2. The Morgan fingerprint density at radius 1 is 1.42 bits per heavy atom. The molecule has 24 heavy (non-hydrogen) atoms. The third-order valence-electron chi connectivity index (χ3n) is 3.90. The van der Waals surface area contributed by atoms with Gasteiger partial charge in [0.2, 0.25) is 11.8 Å². The lowest BCUT2D eigenvalue weighted by Crippen LogP contribution is -2.32. The molecule has 3 rings (SSSR count). The number of nitrogens with one attached hydrogen (secondary N) is 1. The highest BCUT2D eigenvalue weighted by atomic mass is 35.5. The zero-order valence-electron chi connectivity index (χ0n) is 12.7. The first-order valence-corrected chi connectivity index (χ1v) is 7.84. The van der Waals surface area contributed by atoms with Crippen LogP contribution >= 0.6 is 11.6 Å². The Balaban J connectivity index is 1.63. The summed E-state index contributed by atoms with van der Waals surface area (Å²) in [5, 5.41) is 2.76. The molecule has 0 saturated carbocycles. The van der Waals surface area contributed by atoms with Crippen molar-refractivity contribution < 1.29 is 14.0 Å². The molecule has 2 amide bonds. The van der Waals surface area contributed by atoms with Crippen LogP contribution in [0, 0.1) is 11.7 Å².